The molecule has 7 heteroatoms. The molecule has 0 unspecified atom stereocenters. The quantitative estimate of drug-likeness (QED) is 0.198. The fourth-order valence-corrected chi connectivity index (χ4v) is 4.55. The van der Waals surface area contributed by atoms with Crippen LogP contribution in [0, 0.1) is 0 Å². The Labute approximate surface area is 190 Å². The van der Waals surface area contributed by atoms with E-state index in [1.807, 2.05) is 0 Å². The summed E-state index contributed by atoms with van der Waals surface area (Å²) >= 11 is 0. The van der Waals surface area contributed by atoms with E-state index in [4.69, 9.17) is 0 Å². The van der Waals surface area contributed by atoms with Gasteiger partial charge in [-0.3, -0.25) is 15.6 Å². The Balaban J connectivity index is 2.09. The van der Waals surface area contributed by atoms with Crippen molar-refractivity contribution in [3.05, 3.63) is 29.8 Å². The number of unbranched alkanes of at least 4 members (excludes halogenated alkanes) is 12. The van der Waals surface area contributed by atoms with Crippen molar-refractivity contribution in [3.8, 4) is 0 Å². The molecule has 6 nitrogen and oxygen atoms in total. The fraction of sp³-hybridized carbons (Fsp3) is 0.708. The molecule has 178 valence electrons. The standard InChI is InChI=1S/C24H43N3O3S/c1-3-4-5-6-7-8-9-10-11-12-13-14-15-16-24(28)27-31(29,30)23-19-17-22(18-20-23)21-26-25-2/h17-20,25-26H,3-16,21H2,1-2H3,(H,27,28). The van der Waals surface area contributed by atoms with Crippen molar-refractivity contribution in [2.24, 2.45) is 0 Å². The second kappa shape index (κ2) is 17.2. The molecule has 0 spiro atoms. The van der Waals surface area contributed by atoms with Crippen molar-refractivity contribution in [2.45, 2.75) is 108 Å². The van der Waals surface area contributed by atoms with Crippen LogP contribution < -0.4 is 15.6 Å². The molecule has 0 bridgehead atoms. The maximum absolute atomic E-state index is 12.3. The predicted molar refractivity (Wildman–Crippen MR) is 128 cm³/mol. The molecule has 0 aromatic heterocycles. The fourth-order valence-electron chi connectivity index (χ4n) is 3.54. The highest BCUT2D eigenvalue weighted by Gasteiger charge is 2.17. The third-order valence-electron chi connectivity index (χ3n) is 5.46. The Morgan fingerprint density at radius 1 is 0.774 bits per heavy atom. The van der Waals surface area contributed by atoms with Crippen LogP contribution in [0.1, 0.15) is 102 Å². The Kier molecular flexibility index (Phi) is 15.3. The summed E-state index contributed by atoms with van der Waals surface area (Å²) in [6.07, 6.45) is 16.3. The van der Waals surface area contributed by atoms with Gasteiger partial charge in [-0.2, -0.15) is 0 Å². The first-order chi connectivity index (χ1) is 15.0. The first-order valence-corrected chi connectivity index (χ1v) is 13.5. The van der Waals surface area contributed by atoms with Gasteiger partial charge >= 0.3 is 0 Å². The van der Waals surface area contributed by atoms with Gasteiger partial charge in [-0.15, -0.1) is 0 Å². The first-order valence-electron chi connectivity index (χ1n) is 12.0. The molecule has 1 aromatic rings. The number of hydrogen-bond donors (Lipinski definition) is 3. The normalized spacial score (nSPS) is 11.5. The second-order valence-electron chi connectivity index (χ2n) is 8.27. The molecule has 0 saturated heterocycles. The summed E-state index contributed by atoms with van der Waals surface area (Å²) in [7, 11) is -2.03. The smallest absolute Gasteiger partial charge is 0.264 e. The van der Waals surface area contributed by atoms with Gasteiger partial charge in [0.25, 0.3) is 10.0 Å². The van der Waals surface area contributed by atoms with Gasteiger partial charge in [0.1, 0.15) is 0 Å². The number of amides is 1. The van der Waals surface area contributed by atoms with Crippen LogP contribution in [0.5, 0.6) is 0 Å². The highest BCUT2D eigenvalue weighted by molar-refractivity contribution is 7.90. The lowest BCUT2D eigenvalue weighted by molar-refractivity contribution is -0.119. The zero-order valence-electron chi connectivity index (χ0n) is 19.5. The van der Waals surface area contributed by atoms with Crippen molar-refractivity contribution in [1.82, 2.24) is 15.6 Å². The number of benzene rings is 1. The van der Waals surface area contributed by atoms with Crippen LogP contribution in [0.4, 0.5) is 0 Å². The third kappa shape index (κ3) is 13.6. The SMILES string of the molecule is CCCCCCCCCCCCCCCC(=O)NS(=O)(=O)c1ccc(CNNC)cc1. The van der Waals surface area contributed by atoms with Gasteiger partial charge in [0.2, 0.25) is 5.91 Å². The molecule has 0 radical (unpaired) electrons. The molecule has 0 aliphatic rings. The van der Waals surface area contributed by atoms with E-state index in [2.05, 4.69) is 22.5 Å². The summed E-state index contributed by atoms with van der Waals surface area (Å²) in [6.45, 7) is 2.83. The first kappa shape index (κ1) is 27.6. The van der Waals surface area contributed by atoms with Crippen LogP contribution in [-0.2, 0) is 21.4 Å². The highest BCUT2D eigenvalue weighted by Crippen LogP contribution is 2.14. The van der Waals surface area contributed by atoms with E-state index >= 15 is 0 Å². The van der Waals surface area contributed by atoms with E-state index in [1.54, 1.807) is 19.2 Å². The van der Waals surface area contributed by atoms with Crippen LogP contribution in [0.25, 0.3) is 0 Å². The lowest BCUT2D eigenvalue weighted by Gasteiger charge is -2.08. The summed E-state index contributed by atoms with van der Waals surface area (Å²) in [6, 6.07) is 6.51. The van der Waals surface area contributed by atoms with E-state index in [-0.39, 0.29) is 11.3 Å². The van der Waals surface area contributed by atoms with Crippen LogP contribution >= 0.6 is 0 Å². The average molecular weight is 454 g/mol. The molecule has 1 rings (SSSR count). The minimum atomic E-state index is -3.80. The predicted octanol–water partition coefficient (Wildman–Crippen LogP) is 5.20. The topological polar surface area (TPSA) is 87.3 Å². The molecular formula is C24H43N3O3S. The summed E-state index contributed by atoms with van der Waals surface area (Å²) in [5, 5.41) is 0. The van der Waals surface area contributed by atoms with Gasteiger partial charge in [-0.05, 0) is 31.2 Å². The number of hydrogen-bond acceptors (Lipinski definition) is 5. The van der Waals surface area contributed by atoms with E-state index in [0.717, 1.165) is 24.8 Å². The minimum Gasteiger partial charge on any atom is -0.274 e. The van der Waals surface area contributed by atoms with Crippen LogP contribution in [0.2, 0.25) is 0 Å². The van der Waals surface area contributed by atoms with E-state index in [9.17, 15) is 13.2 Å². The molecular weight excluding hydrogens is 410 g/mol. The van der Waals surface area contributed by atoms with E-state index < -0.39 is 15.9 Å². The molecule has 31 heavy (non-hydrogen) atoms. The van der Waals surface area contributed by atoms with Crippen molar-refractivity contribution in [1.29, 1.82) is 0 Å². The summed E-state index contributed by atoms with van der Waals surface area (Å²) in [4.78, 5) is 12.1. The molecule has 0 heterocycles. The van der Waals surface area contributed by atoms with Gasteiger partial charge in [0.15, 0.2) is 0 Å². The lowest BCUT2D eigenvalue weighted by Crippen LogP contribution is -2.30. The van der Waals surface area contributed by atoms with Crippen molar-refractivity contribution in [2.75, 3.05) is 7.05 Å². The van der Waals surface area contributed by atoms with E-state index in [1.165, 1.54) is 76.3 Å². The number of nitrogens with one attached hydrogen (secondary N) is 3. The molecule has 0 aliphatic heterocycles. The molecule has 0 fully saturated rings. The van der Waals surface area contributed by atoms with Gasteiger partial charge < -0.3 is 0 Å². The summed E-state index contributed by atoms with van der Waals surface area (Å²) < 4.78 is 26.9. The summed E-state index contributed by atoms with van der Waals surface area (Å²) in [5.74, 6) is -0.427. The lowest BCUT2D eigenvalue weighted by atomic mass is 10.0. The molecule has 0 atom stereocenters. The maximum Gasteiger partial charge on any atom is 0.264 e. The Morgan fingerprint density at radius 2 is 1.26 bits per heavy atom. The van der Waals surface area contributed by atoms with Gasteiger partial charge in [0.05, 0.1) is 4.90 Å². The Morgan fingerprint density at radius 3 is 1.74 bits per heavy atom. The number of carbonyl (C=O) groups is 1. The third-order valence-corrected chi connectivity index (χ3v) is 6.85. The van der Waals surface area contributed by atoms with Crippen LogP contribution in [0.3, 0.4) is 0 Å². The molecule has 1 aromatic carbocycles. The Bertz CT molecular complexity index is 691. The van der Waals surface area contributed by atoms with Gasteiger partial charge in [0, 0.05) is 13.0 Å². The van der Waals surface area contributed by atoms with Crippen molar-refractivity contribution < 1.29 is 13.2 Å². The number of hydrazine groups is 1. The molecule has 0 saturated carbocycles. The Hall–Kier alpha value is -1.44. The minimum absolute atomic E-state index is 0.111. The van der Waals surface area contributed by atoms with Gasteiger partial charge in [-0.1, -0.05) is 96.1 Å². The molecule has 1 amide bonds. The second-order valence-corrected chi connectivity index (χ2v) is 9.95. The van der Waals surface area contributed by atoms with Crippen LogP contribution in [-0.4, -0.2) is 21.4 Å². The van der Waals surface area contributed by atoms with Crippen molar-refractivity contribution >= 4 is 15.9 Å². The summed E-state index contributed by atoms with van der Waals surface area (Å²) in [5.41, 5.74) is 6.71. The molecule has 0 aliphatic carbocycles. The zero-order valence-corrected chi connectivity index (χ0v) is 20.4. The highest BCUT2D eigenvalue weighted by atomic mass is 32.2. The molecule has 3 N–H and O–H groups in total. The number of rotatable bonds is 19. The van der Waals surface area contributed by atoms with Crippen LogP contribution in [0.15, 0.2) is 29.2 Å². The van der Waals surface area contributed by atoms with Crippen molar-refractivity contribution in [3.63, 3.8) is 0 Å². The maximum atomic E-state index is 12.3. The number of carbonyl (C=O) groups excluding carboxylic acids is 1. The van der Waals surface area contributed by atoms with E-state index in [0.29, 0.717) is 6.54 Å². The van der Waals surface area contributed by atoms with Gasteiger partial charge in [-0.25, -0.2) is 13.1 Å². The largest absolute Gasteiger partial charge is 0.274 e. The average Bonchev–Trinajstić information content (AvgIpc) is 2.75. The monoisotopic (exact) mass is 453 g/mol. The number of sulfonamides is 1. The zero-order chi connectivity index (χ0) is 22.8.